The van der Waals surface area contributed by atoms with Gasteiger partial charge in [-0.25, -0.2) is 0 Å². The smallest absolute Gasteiger partial charge is 0.0229 e. The van der Waals surface area contributed by atoms with Crippen molar-refractivity contribution in [3.05, 3.63) is 0 Å². The van der Waals surface area contributed by atoms with Crippen LogP contribution in [0.5, 0.6) is 0 Å². The molecule has 4 rings (SSSR count). The standard InChI is InChI=1S/C11H16/c1-6-8-9-7(2)11(9)4-3-10(6,8)5-11/h6-9H,3-5H2,1-2H3. The van der Waals surface area contributed by atoms with Gasteiger partial charge in [0.1, 0.15) is 0 Å². The number of fused-ring (bicyclic) bond motifs is 1. The highest BCUT2D eigenvalue weighted by Crippen LogP contribution is 2.93. The second-order valence-electron chi connectivity index (χ2n) is 5.77. The minimum absolute atomic E-state index is 0.928. The molecular weight excluding hydrogens is 132 g/mol. The van der Waals surface area contributed by atoms with Gasteiger partial charge in [0.05, 0.1) is 0 Å². The van der Waals surface area contributed by atoms with Gasteiger partial charge < -0.3 is 0 Å². The van der Waals surface area contributed by atoms with Crippen molar-refractivity contribution < 1.29 is 0 Å². The molecule has 0 saturated heterocycles. The minimum Gasteiger partial charge on any atom is -0.0617 e. The molecule has 0 aromatic rings. The second-order valence-corrected chi connectivity index (χ2v) is 5.77. The Labute approximate surface area is 68.4 Å². The summed E-state index contributed by atoms with van der Waals surface area (Å²) in [5.41, 5.74) is 1.86. The van der Waals surface area contributed by atoms with Crippen LogP contribution in [0.3, 0.4) is 0 Å². The Morgan fingerprint density at radius 2 is 1.36 bits per heavy atom. The number of hydrogen-bond acceptors (Lipinski definition) is 0. The number of hydrogen-bond donors (Lipinski definition) is 0. The Morgan fingerprint density at radius 1 is 0.909 bits per heavy atom. The molecule has 4 aliphatic carbocycles. The normalized spacial score (nSPS) is 81.3. The minimum atomic E-state index is 0.928. The zero-order chi connectivity index (χ0) is 7.43. The lowest BCUT2D eigenvalue weighted by Crippen LogP contribution is -1.98. The largest absolute Gasteiger partial charge is 0.0617 e. The van der Waals surface area contributed by atoms with E-state index < -0.39 is 0 Å². The Balaban J connectivity index is 1.88. The highest BCUT2D eigenvalue weighted by atomic mass is 14.9. The van der Waals surface area contributed by atoms with E-state index in [1.807, 2.05) is 0 Å². The van der Waals surface area contributed by atoms with Crippen LogP contribution in [-0.4, -0.2) is 0 Å². The molecule has 0 nitrogen and oxygen atoms in total. The molecule has 4 fully saturated rings. The van der Waals surface area contributed by atoms with Crippen molar-refractivity contribution in [2.75, 3.05) is 0 Å². The molecule has 6 unspecified atom stereocenters. The summed E-state index contributed by atoms with van der Waals surface area (Å²) in [4.78, 5) is 0. The van der Waals surface area contributed by atoms with Gasteiger partial charge in [-0.1, -0.05) is 13.8 Å². The predicted molar refractivity (Wildman–Crippen MR) is 44.0 cm³/mol. The molecule has 0 heteroatoms. The molecule has 0 amide bonds. The van der Waals surface area contributed by atoms with Crippen LogP contribution < -0.4 is 0 Å². The van der Waals surface area contributed by atoms with Crippen molar-refractivity contribution in [1.82, 2.24) is 0 Å². The van der Waals surface area contributed by atoms with Gasteiger partial charge in [0.15, 0.2) is 0 Å². The lowest BCUT2D eigenvalue weighted by molar-refractivity contribution is 0.434. The summed E-state index contributed by atoms with van der Waals surface area (Å²) >= 11 is 0. The topological polar surface area (TPSA) is 0 Å². The first-order valence-corrected chi connectivity index (χ1v) is 5.22. The Kier molecular flexibility index (Phi) is 0.567. The monoisotopic (exact) mass is 148 g/mol. The van der Waals surface area contributed by atoms with E-state index in [9.17, 15) is 0 Å². The van der Waals surface area contributed by atoms with Crippen molar-refractivity contribution in [1.29, 1.82) is 0 Å². The van der Waals surface area contributed by atoms with E-state index in [4.69, 9.17) is 0 Å². The molecule has 0 aromatic heterocycles. The van der Waals surface area contributed by atoms with Gasteiger partial charge in [0, 0.05) is 0 Å². The fraction of sp³-hybridized carbons (Fsp3) is 1.00. The van der Waals surface area contributed by atoms with Crippen molar-refractivity contribution in [2.45, 2.75) is 33.1 Å². The second kappa shape index (κ2) is 1.11. The van der Waals surface area contributed by atoms with Crippen LogP contribution in [0.4, 0.5) is 0 Å². The van der Waals surface area contributed by atoms with E-state index in [1.165, 1.54) is 11.8 Å². The van der Waals surface area contributed by atoms with E-state index in [0.29, 0.717) is 0 Å². The average molecular weight is 148 g/mol. The maximum absolute atomic E-state index is 2.50. The van der Waals surface area contributed by atoms with Gasteiger partial charge in [-0.15, -0.1) is 0 Å². The molecule has 2 spiro atoms. The first-order valence-electron chi connectivity index (χ1n) is 5.22. The summed E-state index contributed by atoms with van der Waals surface area (Å²) in [5.74, 6) is 4.64. The number of rotatable bonds is 0. The molecule has 0 aromatic carbocycles. The molecule has 11 heavy (non-hydrogen) atoms. The predicted octanol–water partition coefficient (Wildman–Crippen LogP) is 2.69. The lowest BCUT2D eigenvalue weighted by Gasteiger charge is -2.05. The van der Waals surface area contributed by atoms with Crippen LogP contribution in [0.25, 0.3) is 0 Å². The molecule has 0 heterocycles. The van der Waals surface area contributed by atoms with Crippen LogP contribution in [-0.2, 0) is 0 Å². The molecule has 2 bridgehead atoms. The van der Waals surface area contributed by atoms with Crippen molar-refractivity contribution >= 4 is 0 Å². The van der Waals surface area contributed by atoms with Gasteiger partial charge in [0.2, 0.25) is 0 Å². The summed E-state index contributed by atoms with van der Waals surface area (Å²) in [6, 6.07) is 0. The van der Waals surface area contributed by atoms with Gasteiger partial charge in [-0.2, -0.15) is 0 Å². The summed E-state index contributed by atoms with van der Waals surface area (Å²) in [6.07, 6.45) is 4.83. The van der Waals surface area contributed by atoms with Gasteiger partial charge in [0.25, 0.3) is 0 Å². The first kappa shape index (κ1) is 5.61. The molecule has 0 N–H and O–H groups in total. The molecule has 4 saturated carbocycles. The van der Waals surface area contributed by atoms with Gasteiger partial charge in [-0.05, 0) is 53.8 Å². The van der Waals surface area contributed by atoms with Crippen molar-refractivity contribution in [3.63, 3.8) is 0 Å². The van der Waals surface area contributed by atoms with Crippen LogP contribution >= 0.6 is 0 Å². The fourth-order valence-electron chi connectivity index (χ4n) is 5.41. The summed E-state index contributed by atoms with van der Waals surface area (Å²) in [5, 5.41) is 0. The maximum Gasteiger partial charge on any atom is -0.0229 e. The van der Waals surface area contributed by atoms with Crippen molar-refractivity contribution in [2.24, 2.45) is 34.5 Å². The van der Waals surface area contributed by atoms with E-state index in [2.05, 4.69) is 13.8 Å². The lowest BCUT2D eigenvalue weighted by atomic mass is 9.99. The highest BCUT2D eigenvalue weighted by molar-refractivity contribution is 5.35. The fourth-order valence-corrected chi connectivity index (χ4v) is 5.41. The SMILES string of the molecule is CC1C2C3C(C)C34CCC12C4. The molecule has 0 radical (unpaired) electrons. The van der Waals surface area contributed by atoms with E-state index in [0.717, 1.165) is 22.7 Å². The van der Waals surface area contributed by atoms with Crippen LogP contribution in [0.15, 0.2) is 0 Å². The van der Waals surface area contributed by atoms with E-state index in [1.54, 1.807) is 19.3 Å². The maximum atomic E-state index is 2.50. The third kappa shape index (κ3) is 0.316. The molecular formula is C11H16. The molecule has 60 valence electrons. The van der Waals surface area contributed by atoms with Crippen molar-refractivity contribution in [3.8, 4) is 0 Å². The average Bonchev–Trinajstić information content (AvgIpc) is 2.61. The molecule has 0 aliphatic heterocycles. The van der Waals surface area contributed by atoms with Crippen LogP contribution in [0, 0.1) is 34.5 Å². The zero-order valence-electron chi connectivity index (χ0n) is 7.43. The first-order chi connectivity index (χ1) is 5.22. The Morgan fingerprint density at radius 3 is 1.73 bits per heavy atom. The Hall–Kier alpha value is 0. The zero-order valence-corrected chi connectivity index (χ0v) is 7.43. The highest BCUT2D eigenvalue weighted by Gasteiger charge is 2.87. The summed E-state index contributed by atoms with van der Waals surface area (Å²) < 4.78 is 0. The Bertz CT molecular complexity index is 231. The molecule has 6 atom stereocenters. The van der Waals surface area contributed by atoms with E-state index >= 15 is 0 Å². The van der Waals surface area contributed by atoms with Gasteiger partial charge >= 0.3 is 0 Å². The summed E-state index contributed by atoms with van der Waals surface area (Å²) in [7, 11) is 0. The quantitative estimate of drug-likeness (QED) is 0.495. The third-order valence-electron chi connectivity index (χ3n) is 6.10. The summed E-state index contributed by atoms with van der Waals surface area (Å²) in [6.45, 7) is 5.01. The van der Waals surface area contributed by atoms with Crippen LogP contribution in [0.2, 0.25) is 0 Å². The third-order valence-corrected chi connectivity index (χ3v) is 6.10. The van der Waals surface area contributed by atoms with E-state index in [-0.39, 0.29) is 0 Å². The van der Waals surface area contributed by atoms with Gasteiger partial charge in [-0.3, -0.25) is 0 Å². The van der Waals surface area contributed by atoms with Crippen LogP contribution in [0.1, 0.15) is 33.1 Å². The molecule has 4 aliphatic rings.